The highest BCUT2D eigenvalue weighted by Gasteiger charge is 2.12. The van der Waals surface area contributed by atoms with Crippen LogP contribution < -0.4 is 4.90 Å². The van der Waals surface area contributed by atoms with Gasteiger partial charge in [0.1, 0.15) is 4.60 Å². The molecule has 0 aliphatic rings. The van der Waals surface area contributed by atoms with Gasteiger partial charge in [0.25, 0.3) is 0 Å². The second kappa shape index (κ2) is 4.65. The number of rotatable bonds is 3. The summed E-state index contributed by atoms with van der Waals surface area (Å²) in [4.78, 5) is 10.9. The fourth-order valence-electron chi connectivity index (χ4n) is 2.04. The number of nitrogens with zero attached hydrogens (tertiary/aromatic N) is 6. The molecular weight excluding hydrogens is 308 g/mol. The average Bonchev–Trinajstić information content (AvgIpc) is 2.96. The first-order valence-corrected chi connectivity index (χ1v) is 6.60. The molecule has 6 nitrogen and oxygen atoms in total. The van der Waals surface area contributed by atoms with Crippen LogP contribution in [0.1, 0.15) is 5.56 Å². The van der Waals surface area contributed by atoms with Gasteiger partial charge in [-0.15, -0.1) is 0 Å². The molecule has 3 heterocycles. The van der Waals surface area contributed by atoms with Gasteiger partial charge in [0.05, 0.1) is 6.20 Å². The Balaban J connectivity index is 1.96. The molecule has 7 heteroatoms. The summed E-state index contributed by atoms with van der Waals surface area (Å²) in [5, 5.41) is 4.17. The molecule has 0 atom stereocenters. The van der Waals surface area contributed by atoms with E-state index in [0.717, 1.165) is 28.2 Å². The quantitative estimate of drug-likeness (QED) is 0.739. The standard InChI is InChI=1S/C12H13BrN6/c1-17(6-9-5-15-18(2)7-9)12-11-14-3-4-19(11)8-10(13)16-12/h3-5,7-8H,6H2,1-2H3. The maximum absolute atomic E-state index is 4.51. The van der Waals surface area contributed by atoms with E-state index in [2.05, 4.69) is 35.9 Å². The van der Waals surface area contributed by atoms with E-state index in [4.69, 9.17) is 0 Å². The topological polar surface area (TPSA) is 51.2 Å². The second-order valence-electron chi connectivity index (χ2n) is 4.42. The van der Waals surface area contributed by atoms with Crippen molar-refractivity contribution >= 4 is 27.4 Å². The molecule has 0 saturated heterocycles. The molecule has 19 heavy (non-hydrogen) atoms. The fraction of sp³-hybridized carbons (Fsp3) is 0.250. The number of aromatic nitrogens is 5. The van der Waals surface area contributed by atoms with E-state index in [1.165, 1.54) is 0 Å². The number of fused-ring (bicyclic) bond motifs is 1. The molecule has 0 saturated carbocycles. The van der Waals surface area contributed by atoms with Crippen LogP contribution in [-0.2, 0) is 13.6 Å². The van der Waals surface area contributed by atoms with Crippen LogP contribution >= 0.6 is 15.9 Å². The van der Waals surface area contributed by atoms with Crippen LogP contribution in [-0.4, -0.2) is 31.2 Å². The number of hydrogen-bond acceptors (Lipinski definition) is 4. The largest absolute Gasteiger partial charge is 0.352 e. The monoisotopic (exact) mass is 320 g/mol. The molecule has 0 amide bonds. The van der Waals surface area contributed by atoms with E-state index in [1.54, 1.807) is 10.9 Å². The third-order valence-corrected chi connectivity index (χ3v) is 3.25. The number of hydrogen-bond donors (Lipinski definition) is 0. The van der Waals surface area contributed by atoms with Crippen molar-refractivity contribution in [3.8, 4) is 0 Å². The Bertz CT molecular complexity index is 716. The number of halogens is 1. The van der Waals surface area contributed by atoms with Gasteiger partial charge in [0, 0.05) is 51.0 Å². The number of aryl methyl sites for hydroxylation is 1. The smallest absolute Gasteiger partial charge is 0.180 e. The molecule has 0 bridgehead atoms. The van der Waals surface area contributed by atoms with Gasteiger partial charge in [0.15, 0.2) is 11.5 Å². The third-order valence-electron chi connectivity index (χ3n) is 2.87. The van der Waals surface area contributed by atoms with Crippen LogP contribution in [0.5, 0.6) is 0 Å². The zero-order valence-electron chi connectivity index (χ0n) is 10.7. The van der Waals surface area contributed by atoms with Crippen molar-refractivity contribution in [1.82, 2.24) is 24.1 Å². The summed E-state index contributed by atoms with van der Waals surface area (Å²) in [6, 6.07) is 0. The van der Waals surface area contributed by atoms with E-state index < -0.39 is 0 Å². The molecule has 3 aromatic rings. The minimum atomic E-state index is 0.736. The highest BCUT2D eigenvalue weighted by atomic mass is 79.9. The van der Waals surface area contributed by atoms with Gasteiger partial charge < -0.3 is 9.30 Å². The minimum absolute atomic E-state index is 0.736. The molecule has 3 rings (SSSR count). The van der Waals surface area contributed by atoms with E-state index in [0.29, 0.717) is 0 Å². The Morgan fingerprint density at radius 3 is 2.95 bits per heavy atom. The first kappa shape index (κ1) is 12.2. The van der Waals surface area contributed by atoms with E-state index in [-0.39, 0.29) is 0 Å². The predicted octanol–water partition coefficient (Wildman–Crippen LogP) is 1.86. The van der Waals surface area contributed by atoms with Gasteiger partial charge in [0.2, 0.25) is 0 Å². The van der Waals surface area contributed by atoms with Crippen LogP contribution in [0.2, 0.25) is 0 Å². The minimum Gasteiger partial charge on any atom is -0.352 e. The molecule has 0 N–H and O–H groups in total. The van der Waals surface area contributed by atoms with Crippen molar-refractivity contribution in [2.24, 2.45) is 7.05 Å². The summed E-state index contributed by atoms with van der Waals surface area (Å²) >= 11 is 3.42. The Morgan fingerprint density at radius 1 is 1.37 bits per heavy atom. The molecule has 98 valence electrons. The van der Waals surface area contributed by atoms with Crippen LogP contribution in [0.25, 0.3) is 5.65 Å². The van der Waals surface area contributed by atoms with Crippen LogP contribution in [0.3, 0.4) is 0 Å². The summed E-state index contributed by atoms with van der Waals surface area (Å²) in [6.07, 6.45) is 9.42. The van der Waals surface area contributed by atoms with Gasteiger partial charge in [-0.25, -0.2) is 9.97 Å². The third kappa shape index (κ3) is 2.33. The first-order chi connectivity index (χ1) is 9.13. The normalized spacial score (nSPS) is 11.1. The number of imidazole rings is 1. The highest BCUT2D eigenvalue weighted by molar-refractivity contribution is 9.10. The van der Waals surface area contributed by atoms with Gasteiger partial charge in [-0.05, 0) is 15.9 Å². The Labute approximate surface area is 118 Å². The molecule has 0 aliphatic carbocycles. The van der Waals surface area contributed by atoms with Crippen LogP contribution in [0.15, 0.2) is 35.6 Å². The van der Waals surface area contributed by atoms with Crippen molar-refractivity contribution in [3.63, 3.8) is 0 Å². The molecule has 0 fully saturated rings. The van der Waals surface area contributed by atoms with Crippen LogP contribution in [0.4, 0.5) is 5.82 Å². The van der Waals surface area contributed by atoms with Crippen molar-refractivity contribution in [3.05, 3.63) is 41.2 Å². The molecular formula is C12H13BrN6. The molecule has 0 radical (unpaired) electrons. The maximum Gasteiger partial charge on any atom is 0.180 e. The molecule has 0 spiro atoms. The maximum atomic E-state index is 4.51. The van der Waals surface area contributed by atoms with Gasteiger partial charge in [-0.1, -0.05) is 0 Å². The van der Waals surface area contributed by atoms with Crippen molar-refractivity contribution in [2.45, 2.75) is 6.54 Å². The zero-order valence-corrected chi connectivity index (χ0v) is 12.2. The SMILES string of the molecule is CN(Cc1cnn(C)c1)c1nc(Br)cn2ccnc12. The van der Waals surface area contributed by atoms with E-state index in [1.807, 2.05) is 43.3 Å². The predicted molar refractivity (Wildman–Crippen MR) is 76.0 cm³/mol. The summed E-state index contributed by atoms with van der Waals surface area (Å²) < 4.78 is 4.53. The first-order valence-electron chi connectivity index (χ1n) is 5.81. The van der Waals surface area contributed by atoms with Crippen molar-refractivity contribution in [1.29, 1.82) is 0 Å². The Hall–Kier alpha value is -1.89. The second-order valence-corrected chi connectivity index (χ2v) is 5.24. The summed E-state index contributed by atoms with van der Waals surface area (Å²) in [7, 11) is 3.91. The molecule has 0 aromatic carbocycles. The highest BCUT2D eigenvalue weighted by Crippen LogP contribution is 2.21. The molecule has 0 unspecified atom stereocenters. The molecule has 0 aliphatic heterocycles. The lowest BCUT2D eigenvalue weighted by atomic mass is 10.3. The summed E-state index contributed by atoms with van der Waals surface area (Å²) in [5.74, 6) is 0.836. The van der Waals surface area contributed by atoms with Gasteiger partial charge in [-0.2, -0.15) is 5.10 Å². The lowest BCUT2D eigenvalue weighted by Crippen LogP contribution is -2.18. The summed E-state index contributed by atoms with van der Waals surface area (Å²) in [6.45, 7) is 0.736. The Morgan fingerprint density at radius 2 is 2.21 bits per heavy atom. The molecule has 3 aromatic heterocycles. The van der Waals surface area contributed by atoms with E-state index in [9.17, 15) is 0 Å². The van der Waals surface area contributed by atoms with Crippen molar-refractivity contribution in [2.75, 3.05) is 11.9 Å². The lowest BCUT2D eigenvalue weighted by Gasteiger charge is -2.18. The zero-order chi connectivity index (χ0) is 13.4. The van der Waals surface area contributed by atoms with Crippen LogP contribution in [0, 0.1) is 0 Å². The van der Waals surface area contributed by atoms with Gasteiger partial charge >= 0.3 is 0 Å². The summed E-state index contributed by atoms with van der Waals surface area (Å²) in [5.41, 5.74) is 1.98. The fourth-order valence-corrected chi connectivity index (χ4v) is 2.43. The van der Waals surface area contributed by atoms with Gasteiger partial charge in [-0.3, -0.25) is 4.68 Å². The van der Waals surface area contributed by atoms with Crippen molar-refractivity contribution < 1.29 is 0 Å². The number of anilines is 1. The lowest BCUT2D eigenvalue weighted by molar-refractivity contribution is 0.766. The average molecular weight is 321 g/mol. The Kier molecular flexibility index (Phi) is 2.98. The van der Waals surface area contributed by atoms with E-state index >= 15 is 0 Å².